The van der Waals surface area contributed by atoms with Crippen LogP contribution in [0.25, 0.3) is 0 Å². The molecule has 0 saturated carbocycles. The summed E-state index contributed by atoms with van der Waals surface area (Å²) in [6.07, 6.45) is 77.7. The van der Waals surface area contributed by atoms with Gasteiger partial charge in [0.1, 0.15) is 13.2 Å². The Bertz CT molecular complexity index is 1470. The fraction of sp³-hybridized carbons (Fsp3) is 0.635. The fourth-order valence-electron chi connectivity index (χ4n) is 7.23. The Morgan fingerprint density at radius 2 is 0.594 bits per heavy atom. The second-order valence-corrected chi connectivity index (χ2v) is 18.1. The van der Waals surface area contributed by atoms with Gasteiger partial charge in [-0.25, -0.2) is 0 Å². The molecule has 0 radical (unpaired) electrons. The first-order chi connectivity index (χ1) is 34.0. The second kappa shape index (κ2) is 56.4. The second-order valence-electron chi connectivity index (χ2n) is 18.1. The van der Waals surface area contributed by atoms with Gasteiger partial charge in [0.25, 0.3) is 0 Å². The third kappa shape index (κ3) is 54.6. The SMILES string of the molecule is CC/C=C\C/C=C\C/C=C\C/C=C\CCCCC(=O)OC[C@H](COC(=O)CC/C=C\C/C=C\C/C=C\C/C=C\C/C=C\CCCCC)OC(=O)CCCCCCCCC/C=C\CCCCCCCC. The molecule has 0 N–H and O–H groups in total. The number of hydrogen-bond acceptors (Lipinski definition) is 6. The fourth-order valence-corrected chi connectivity index (χ4v) is 7.23. The molecule has 6 nitrogen and oxygen atoms in total. The van der Waals surface area contributed by atoms with Crippen LogP contribution in [0.1, 0.15) is 239 Å². The molecule has 0 spiro atoms. The Morgan fingerprint density at radius 1 is 0.304 bits per heavy atom. The van der Waals surface area contributed by atoms with Crippen LogP contribution in [0.3, 0.4) is 0 Å². The predicted octanol–water partition coefficient (Wildman–Crippen LogP) is 18.9. The van der Waals surface area contributed by atoms with Gasteiger partial charge in [-0.2, -0.15) is 0 Å². The minimum Gasteiger partial charge on any atom is -0.462 e. The molecule has 0 rings (SSSR count). The maximum atomic E-state index is 12.8. The molecule has 69 heavy (non-hydrogen) atoms. The molecular weight excluding hydrogens is 853 g/mol. The highest BCUT2D eigenvalue weighted by Crippen LogP contribution is 2.13. The third-order valence-corrected chi connectivity index (χ3v) is 11.4. The smallest absolute Gasteiger partial charge is 0.306 e. The van der Waals surface area contributed by atoms with Gasteiger partial charge < -0.3 is 14.2 Å². The lowest BCUT2D eigenvalue weighted by Crippen LogP contribution is -2.30. The van der Waals surface area contributed by atoms with Crippen LogP contribution in [0.4, 0.5) is 0 Å². The highest BCUT2D eigenvalue weighted by molar-refractivity contribution is 5.71. The van der Waals surface area contributed by atoms with Gasteiger partial charge in [-0.15, -0.1) is 0 Å². The summed E-state index contributed by atoms with van der Waals surface area (Å²) < 4.78 is 16.7. The van der Waals surface area contributed by atoms with Gasteiger partial charge in [-0.1, -0.05) is 219 Å². The van der Waals surface area contributed by atoms with E-state index >= 15 is 0 Å². The Hall–Kier alpha value is -4.19. The Labute approximate surface area is 424 Å². The summed E-state index contributed by atoms with van der Waals surface area (Å²) in [6, 6.07) is 0. The lowest BCUT2D eigenvalue weighted by atomic mass is 10.1. The van der Waals surface area contributed by atoms with Crippen molar-refractivity contribution < 1.29 is 28.6 Å². The van der Waals surface area contributed by atoms with Gasteiger partial charge in [0.05, 0.1) is 0 Å². The largest absolute Gasteiger partial charge is 0.462 e. The quantitative estimate of drug-likeness (QED) is 0.0262. The van der Waals surface area contributed by atoms with E-state index in [9.17, 15) is 14.4 Å². The molecule has 0 amide bonds. The molecule has 0 aliphatic heterocycles. The number of esters is 3. The molecule has 6 heteroatoms. The molecule has 1 atom stereocenters. The van der Waals surface area contributed by atoms with E-state index in [1.807, 2.05) is 6.08 Å². The van der Waals surface area contributed by atoms with Crippen molar-refractivity contribution in [2.75, 3.05) is 13.2 Å². The van der Waals surface area contributed by atoms with E-state index in [0.717, 1.165) is 83.5 Å². The minimum atomic E-state index is -0.831. The van der Waals surface area contributed by atoms with E-state index in [2.05, 4.69) is 136 Å². The van der Waals surface area contributed by atoms with Crippen LogP contribution in [0.15, 0.2) is 122 Å². The monoisotopic (exact) mass is 955 g/mol. The lowest BCUT2D eigenvalue weighted by molar-refractivity contribution is -0.166. The molecular formula is C63H102O6. The average molecular weight is 956 g/mol. The van der Waals surface area contributed by atoms with Crippen molar-refractivity contribution in [3.05, 3.63) is 122 Å². The summed E-state index contributed by atoms with van der Waals surface area (Å²) in [5.74, 6) is -1.06. The highest BCUT2D eigenvalue weighted by atomic mass is 16.6. The molecule has 390 valence electrons. The van der Waals surface area contributed by atoms with Crippen molar-refractivity contribution in [2.45, 2.75) is 245 Å². The predicted molar refractivity (Wildman–Crippen MR) is 297 cm³/mol. The van der Waals surface area contributed by atoms with Crippen molar-refractivity contribution in [1.82, 2.24) is 0 Å². The standard InChI is InChI=1S/C63H102O6/c1-4-7-10-13-16-19-22-25-28-30-31-33-35-38-41-44-47-50-53-56-62(65)68-59-60(58-67-61(64)55-52-49-46-43-40-37-34-27-24-21-18-15-12-9-6-3)69-63(66)57-54-51-48-45-42-39-36-32-29-26-23-20-17-14-11-8-5-2/h9,12,16,18-19,21,25-29,31,33-34,38,40-41,43,47,50,60H,4-8,10-11,13-15,17,20,22-24,30,32,35-37,39,42,44-46,48-49,51-59H2,1-3H3/b12-9-,19-16-,21-18-,28-25-,29-26-,33-31-,34-27-,41-38-,43-40-,50-47-/t60-/m1/s1. The van der Waals surface area contributed by atoms with Crippen LogP contribution in [-0.2, 0) is 28.6 Å². The van der Waals surface area contributed by atoms with Crippen molar-refractivity contribution in [1.29, 1.82) is 0 Å². The Kier molecular flexibility index (Phi) is 53.0. The van der Waals surface area contributed by atoms with Crippen LogP contribution in [0.2, 0.25) is 0 Å². The number of carbonyl (C=O) groups excluding carboxylic acids is 3. The molecule has 0 aromatic carbocycles. The molecule has 0 heterocycles. The Morgan fingerprint density at radius 3 is 1.04 bits per heavy atom. The van der Waals surface area contributed by atoms with Crippen molar-refractivity contribution >= 4 is 17.9 Å². The lowest BCUT2D eigenvalue weighted by Gasteiger charge is -2.18. The number of allylic oxidation sites excluding steroid dienone is 20. The highest BCUT2D eigenvalue weighted by Gasteiger charge is 2.19. The van der Waals surface area contributed by atoms with Crippen LogP contribution in [-0.4, -0.2) is 37.2 Å². The van der Waals surface area contributed by atoms with Crippen LogP contribution in [0, 0.1) is 0 Å². The number of carbonyl (C=O) groups is 3. The first-order valence-electron chi connectivity index (χ1n) is 28.0. The van der Waals surface area contributed by atoms with E-state index in [-0.39, 0.29) is 44.0 Å². The number of ether oxygens (including phenoxy) is 3. The zero-order valence-corrected chi connectivity index (χ0v) is 44.5. The van der Waals surface area contributed by atoms with Gasteiger partial charge in [0.15, 0.2) is 6.10 Å². The molecule has 0 saturated heterocycles. The average Bonchev–Trinajstić information content (AvgIpc) is 3.35. The van der Waals surface area contributed by atoms with Crippen LogP contribution >= 0.6 is 0 Å². The normalized spacial score (nSPS) is 13.0. The zero-order valence-electron chi connectivity index (χ0n) is 44.5. The van der Waals surface area contributed by atoms with Gasteiger partial charge in [0.2, 0.25) is 0 Å². The zero-order chi connectivity index (χ0) is 50.0. The maximum absolute atomic E-state index is 12.8. The molecule has 0 aromatic rings. The summed E-state index contributed by atoms with van der Waals surface area (Å²) in [7, 11) is 0. The molecule has 0 aromatic heterocycles. The minimum absolute atomic E-state index is 0.127. The van der Waals surface area contributed by atoms with E-state index in [1.54, 1.807) is 0 Å². The van der Waals surface area contributed by atoms with E-state index in [1.165, 1.54) is 103 Å². The van der Waals surface area contributed by atoms with Crippen molar-refractivity contribution in [2.24, 2.45) is 0 Å². The van der Waals surface area contributed by atoms with E-state index in [4.69, 9.17) is 14.2 Å². The topological polar surface area (TPSA) is 78.9 Å². The Balaban J connectivity index is 4.57. The number of hydrogen-bond donors (Lipinski definition) is 0. The molecule has 0 bridgehead atoms. The number of unbranched alkanes of at least 4 members (excludes halogenated alkanes) is 18. The van der Waals surface area contributed by atoms with Crippen molar-refractivity contribution in [3.8, 4) is 0 Å². The molecule has 0 fully saturated rings. The summed E-state index contributed by atoms with van der Waals surface area (Å²) in [5, 5.41) is 0. The van der Waals surface area contributed by atoms with Gasteiger partial charge in [0, 0.05) is 19.3 Å². The summed E-state index contributed by atoms with van der Waals surface area (Å²) in [6.45, 7) is 6.38. The van der Waals surface area contributed by atoms with Crippen LogP contribution < -0.4 is 0 Å². The van der Waals surface area contributed by atoms with E-state index in [0.29, 0.717) is 19.3 Å². The molecule has 0 aliphatic rings. The van der Waals surface area contributed by atoms with Crippen molar-refractivity contribution in [3.63, 3.8) is 0 Å². The van der Waals surface area contributed by atoms with Gasteiger partial charge in [-0.3, -0.25) is 14.4 Å². The summed E-state index contributed by atoms with van der Waals surface area (Å²) >= 11 is 0. The van der Waals surface area contributed by atoms with E-state index < -0.39 is 6.10 Å². The summed E-state index contributed by atoms with van der Waals surface area (Å²) in [4.78, 5) is 38.1. The molecule has 0 aliphatic carbocycles. The summed E-state index contributed by atoms with van der Waals surface area (Å²) in [5.41, 5.74) is 0. The maximum Gasteiger partial charge on any atom is 0.306 e. The van der Waals surface area contributed by atoms with Gasteiger partial charge in [-0.05, 0) is 122 Å². The first kappa shape index (κ1) is 64.8. The van der Waals surface area contributed by atoms with Gasteiger partial charge >= 0.3 is 17.9 Å². The molecule has 0 unspecified atom stereocenters. The first-order valence-corrected chi connectivity index (χ1v) is 28.0. The van der Waals surface area contributed by atoms with Crippen LogP contribution in [0.5, 0.6) is 0 Å². The third-order valence-electron chi connectivity index (χ3n) is 11.4. The number of rotatable bonds is 49.